The Morgan fingerprint density at radius 1 is 1.32 bits per heavy atom. The molecule has 0 spiro atoms. The largest absolute Gasteiger partial charge is 0.377 e. The van der Waals surface area contributed by atoms with Gasteiger partial charge in [-0.25, -0.2) is 13.5 Å². The lowest BCUT2D eigenvalue weighted by atomic mass is 10.0. The van der Waals surface area contributed by atoms with Crippen LogP contribution in [-0.4, -0.2) is 29.2 Å². The van der Waals surface area contributed by atoms with Crippen molar-refractivity contribution in [3.05, 3.63) is 52.3 Å². The van der Waals surface area contributed by atoms with Crippen LogP contribution in [0.1, 0.15) is 29.5 Å². The molecule has 0 atom stereocenters. The van der Waals surface area contributed by atoms with E-state index in [0.717, 1.165) is 29.1 Å². The number of aromatic nitrogens is 1. The Balaban J connectivity index is 1.63. The van der Waals surface area contributed by atoms with Gasteiger partial charge in [0, 0.05) is 18.3 Å². The van der Waals surface area contributed by atoms with Gasteiger partial charge in [-0.15, -0.1) is 0 Å². The van der Waals surface area contributed by atoms with Crippen molar-refractivity contribution in [3.63, 3.8) is 0 Å². The molecule has 2 aliphatic rings. The number of ether oxygens (including phenoxy) is 1. The molecule has 1 fully saturated rings. The summed E-state index contributed by atoms with van der Waals surface area (Å²) in [4.78, 5) is 13.6. The highest BCUT2D eigenvalue weighted by Gasteiger charge is 2.35. The van der Waals surface area contributed by atoms with Crippen molar-refractivity contribution in [1.29, 1.82) is 0 Å². The predicted octanol–water partition coefficient (Wildman–Crippen LogP) is 4.47. The molecule has 2 aliphatic heterocycles. The maximum atomic E-state index is 13.5. The second kappa shape index (κ2) is 7.51. The molecule has 2 aromatic rings. The lowest BCUT2D eigenvalue weighted by Gasteiger charge is -2.38. The quantitative estimate of drug-likeness (QED) is 0.694. The third kappa shape index (κ3) is 3.57. The van der Waals surface area contributed by atoms with Gasteiger partial charge < -0.3 is 14.6 Å². The Morgan fingerprint density at radius 2 is 2.11 bits per heavy atom. The van der Waals surface area contributed by atoms with Crippen LogP contribution in [0.2, 0.25) is 5.02 Å². The van der Waals surface area contributed by atoms with Gasteiger partial charge in [-0.1, -0.05) is 17.7 Å². The zero-order valence-corrected chi connectivity index (χ0v) is 16.6. The highest BCUT2D eigenvalue weighted by Crippen LogP contribution is 2.39. The minimum atomic E-state index is -1.03. The minimum Gasteiger partial charge on any atom is -0.377 e. The van der Waals surface area contributed by atoms with Crippen LogP contribution < -0.4 is 10.0 Å². The second-order valence-corrected chi connectivity index (χ2v) is 8.25. The van der Waals surface area contributed by atoms with Crippen LogP contribution in [0, 0.1) is 11.6 Å². The van der Waals surface area contributed by atoms with E-state index < -0.39 is 17.5 Å². The zero-order valence-electron chi connectivity index (χ0n) is 15.0. The lowest BCUT2D eigenvalue weighted by molar-refractivity contribution is -0.0510. The number of allylic oxidation sites excluding steroid dienone is 1. The van der Waals surface area contributed by atoms with E-state index in [-0.39, 0.29) is 11.2 Å². The fourth-order valence-electron chi connectivity index (χ4n) is 3.10. The average molecular weight is 426 g/mol. The molecule has 0 aliphatic carbocycles. The minimum absolute atomic E-state index is 0.144. The molecule has 3 heterocycles. The maximum Gasteiger partial charge on any atom is 0.273 e. The zero-order chi connectivity index (χ0) is 19.9. The Hall–Kier alpha value is -1.87. The van der Waals surface area contributed by atoms with E-state index >= 15 is 0 Å². The van der Waals surface area contributed by atoms with Gasteiger partial charge in [0.2, 0.25) is 0 Å². The van der Waals surface area contributed by atoms with E-state index in [1.165, 1.54) is 18.0 Å². The molecule has 1 aromatic heterocycles. The molecule has 1 amide bonds. The third-order valence-electron chi connectivity index (χ3n) is 4.63. The Bertz CT molecular complexity index is 973. The summed E-state index contributed by atoms with van der Waals surface area (Å²) in [6.07, 6.45) is 4.74. The SMILES string of the molecule is CC1(NSc2c(Cl)c(C(=O)Nc3ccc(F)c(F)c3)n3c2C=CCC3)COC1. The van der Waals surface area contributed by atoms with Gasteiger partial charge in [-0.3, -0.25) is 4.79 Å². The number of nitrogens with one attached hydrogen (secondary N) is 2. The lowest BCUT2D eigenvalue weighted by Crippen LogP contribution is -2.55. The van der Waals surface area contributed by atoms with Crippen molar-refractivity contribution in [2.24, 2.45) is 0 Å². The van der Waals surface area contributed by atoms with Crippen LogP contribution in [0.4, 0.5) is 14.5 Å². The van der Waals surface area contributed by atoms with E-state index in [1.54, 1.807) is 0 Å². The highest BCUT2D eigenvalue weighted by molar-refractivity contribution is 7.97. The average Bonchev–Trinajstić information content (AvgIpc) is 2.93. The summed E-state index contributed by atoms with van der Waals surface area (Å²) in [7, 11) is 0. The molecule has 0 radical (unpaired) electrons. The van der Waals surface area contributed by atoms with Crippen LogP contribution >= 0.6 is 23.5 Å². The van der Waals surface area contributed by atoms with Gasteiger partial charge in [-0.05, 0) is 43.5 Å². The van der Waals surface area contributed by atoms with Crippen molar-refractivity contribution in [3.8, 4) is 0 Å². The van der Waals surface area contributed by atoms with Crippen molar-refractivity contribution in [2.75, 3.05) is 18.5 Å². The molecule has 4 rings (SSSR count). The normalized spacial score (nSPS) is 17.1. The molecule has 1 aromatic carbocycles. The standard InChI is InChI=1S/C19H18ClF2N3O2S/c1-19(9-27-10-19)24-28-17-14-4-2-3-7-25(14)16(15(17)20)18(26)23-11-5-6-12(21)13(22)8-11/h2,4-6,8,24H,3,7,9-10H2,1H3,(H,23,26). The summed E-state index contributed by atoms with van der Waals surface area (Å²) in [6.45, 7) is 3.86. The molecule has 148 valence electrons. The molecule has 0 saturated carbocycles. The van der Waals surface area contributed by atoms with E-state index in [4.69, 9.17) is 16.3 Å². The number of carbonyl (C=O) groups is 1. The Morgan fingerprint density at radius 3 is 2.79 bits per heavy atom. The number of hydrogen-bond acceptors (Lipinski definition) is 4. The number of carbonyl (C=O) groups excluding carboxylic acids is 1. The maximum absolute atomic E-state index is 13.5. The van der Waals surface area contributed by atoms with Crippen LogP contribution in [0.5, 0.6) is 0 Å². The van der Waals surface area contributed by atoms with E-state index in [2.05, 4.69) is 10.0 Å². The molecule has 2 N–H and O–H groups in total. The molecular formula is C19H18ClF2N3O2S. The van der Waals surface area contributed by atoms with Gasteiger partial charge in [0.05, 0.1) is 34.4 Å². The van der Waals surface area contributed by atoms with Crippen LogP contribution in [0.3, 0.4) is 0 Å². The fourth-order valence-corrected chi connectivity index (χ4v) is 4.44. The summed E-state index contributed by atoms with van der Waals surface area (Å²) in [6, 6.07) is 3.21. The number of fused-ring (bicyclic) bond motifs is 1. The number of rotatable bonds is 5. The summed E-state index contributed by atoms with van der Waals surface area (Å²) in [5, 5.41) is 2.92. The van der Waals surface area contributed by atoms with Crippen LogP contribution in [-0.2, 0) is 11.3 Å². The molecule has 28 heavy (non-hydrogen) atoms. The molecule has 1 saturated heterocycles. The van der Waals surface area contributed by atoms with E-state index in [1.807, 2.05) is 23.6 Å². The number of halogens is 3. The molecule has 0 bridgehead atoms. The van der Waals surface area contributed by atoms with Crippen LogP contribution in [0.15, 0.2) is 29.2 Å². The third-order valence-corrected chi connectivity index (χ3v) is 6.32. The first-order chi connectivity index (χ1) is 13.4. The predicted molar refractivity (Wildman–Crippen MR) is 106 cm³/mol. The van der Waals surface area contributed by atoms with Crippen molar-refractivity contribution >= 4 is 41.2 Å². The molecule has 9 heteroatoms. The number of nitrogens with zero attached hydrogens (tertiary/aromatic N) is 1. The number of hydrogen-bond donors (Lipinski definition) is 2. The van der Waals surface area contributed by atoms with E-state index in [0.29, 0.717) is 30.5 Å². The molecular weight excluding hydrogens is 408 g/mol. The monoisotopic (exact) mass is 425 g/mol. The molecule has 0 unspecified atom stereocenters. The fraction of sp³-hybridized carbons (Fsp3) is 0.316. The Labute approximate surface area is 170 Å². The summed E-state index contributed by atoms with van der Waals surface area (Å²) in [5.74, 6) is -2.47. The molecule has 5 nitrogen and oxygen atoms in total. The van der Waals surface area contributed by atoms with Gasteiger partial charge >= 0.3 is 0 Å². The summed E-state index contributed by atoms with van der Waals surface area (Å²) in [5.41, 5.74) is 1.15. The van der Waals surface area contributed by atoms with E-state index in [9.17, 15) is 13.6 Å². The van der Waals surface area contributed by atoms with Crippen LogP contribution in [0.25, 0.3) is 6.08 Å². The van der Waals surface area contributed by atoms with Crippen molar-refractivity contribution in [2.45, 2.75) is 30.3 Å². The van der Waals surface area contributed by atoms with Gasteiger partial charge in [-0.2, -0.15) is 0 Å². The number of benzene rings is 1. The highest BCUT2D eigenvalue weighted by atomic mass is 35.5. The van der Waals surface area contributed by atoms with Crippen molar-refractivity contribution < 1.29 is 18.3 Å². The van der Waals surface area contributed by atoms with Gasteiger partial charge in [0.25, 0.3) is 5.91 Å². The van der Waals surface area contributed by atoms with Gasteiger partial charge in [0.1, 0.15) is 5.69 Å². The first-order valence-electron chi connectivity index (χ1n) is 8.75. The number of anilines is 1. The first kappa shape index (κ1) is 19.4. The van der Waals surface area contributed by atoms with Crippen molar-refractivity contribution in [1.82, 2.24) is 9.29 Å². The summed E-state index contributed by atoms with van der Waals surface area (Å²) < 4.78 is 37.0. The Kier molecular flexibility index (Phi) is 5.22. The smallest absolute Gasteiger partial charge is 0.273 e. The number of amides is 1. The first-order valence-corrected chi connectivity index (χ1v) is 9.94. The second-order valence-electron chi connectivity index (χ2n) is 7.06. The van der Waals surface area contributed by atoms with Gasteiger partial charge in [0.15, 0.2) is 11.6 Å². The summed E-state index contributed by atoms with van der Waals surface area (Å²) >= 11 is 7.96. The topological polar surface area (TPSA) is 55.3 Å².